The largest absolute Gasteiger partial charge is 0.369 e. The Morgan fingerprint density at radius 3 is 2.48 bits per heavy atom. The summed E-state index contributed by atoms with van der Waals surface area (Å²) < 4.78 is 27.1. The molecule has 0 aliphatic rings. The SMILES string of the molecule is CCNc1ncc(S(=O)(=O)NCC(C)C(C)(C)C)cc1Cl. The van der Waals surface area contributed by atoms with Crippen molar-refractivity contribution in [1.82, 2.24) is 9.71 Å². The molecule has 0 fully saturated rings. The standard InChI is InChI=1S/C14H24ClN3O2S/c1-6-16-13-12(15)7-11(9-17-13)21(19,20)18-8-10(2)14(3,4)5/h7,9-10,18H,6,8H2,1-5H3,(H,16,17). The molecule has 1 rings (SSSR count). The molecular weight excluding hydrogens is 310 g/mol. The van der Waals surface area contributed by atoms with Gasteiger partial charge >= 0.3 is 0 Å². The third-order valence-electron chi connectivity index (χ3n) is 3.53. The van der Waals surface area contributed by atoms with Crippen molar-refractivity contribution in [2.24, 2.45) is 11.3 Å². The van der Waals surface area contributed by atoms with Gasteiger partial charge in [-0.3, -0.25) is 0 Å². The van der Waals surface area contributed by atoms with Crippen LogP contribution in [0.25, 0.3) is 0 Å². The molecule has 0 bridgehead atoms. The zero-order valence-corrected chi connectivity index (χ0v) is 14.8. The molecule has 5 nitrogen and oxygen atoms in total. The highest BCUT2D eigenvalue weighted by molar-refractivity contribution is 7.89. The maximum Gasteiger partial charge on any atom is 0.242 e. The van der Waals surface area contributed by atoms with E-state index in [1.807, 2.05) is 13.8 Å². The fourth-order valence-electron chi connectivity index (χ4n) is 1.49. The second-order valence-corrected chi connectivity index (χ2v) is 8.32. The van der Waals surface area contributed by atoms with E-state index in [2.05, 4.69) is 35.8 Å². The second-order valence-electron chi connectivity index (χ2n) is 6.15. The van der Waals surface area contributed by atoms with Crippen LogP contribution >= 0.6 is 11.6 Å². The zero-order valence-electron chi connectivity index (χ0n) is 13.2. The fraction of sp³-hybridized carbons (Fsp3) is 0.643. The smallest absolute Gasteiger partial charge is 0.242 e. The van der Waals surface area contributed by atoms with Crippen molar-refractivity contribution < 1.29 is 8.42 Å². The van der Waals surface area contributed by atoms with Gasteiger partial charge in [-0.05, 0) is 24.3 Å². The number of aromatic nitrogens is 1. The molecule has 1 heterocycles. The van der Waals surface area contributed by atoms with Crippen molar-refractivity contribution in [1.29, 1.82) is 0 Å². The molecule has 1 aromatic heterocycles. The van der Waals surface area contributed by atoms with E-state index in [-0.39, 0.29) is 16.2 Å². The molecule has 1 aromatic rings. The number of nitrogens with zero attached hydrogens (tertiary/aromatic N) is 1. The van der Waals surface area contributed by atoms with Crippen LogP contribution in [0.2, 0.25) is 5.02 Å². The summed E-state index contributed by atoms with van der Waals surface area (Å²) in [5.74, 6) is 0.693. The number of hydrogen-bond donors (Lipinski definition) is 2. The van der Waals surface area contributed by atoms with Gasteiger partial charge < -0.3 is 5.32 Å². The average molecular weight is 334 g/mol. The fourth-order valence-corrected chi connectivity index (χ4v) is 2.89. The van der Waals surface area contributed by atoms with Gasteiger partial charge in [0.05, 0.1) is 5.02 Å². The Balaban J connectivity index is 2.86. The van der Waals surface area contributed by atoms with Gasteiger partial charge in [-0.25, -0.2) is 18.1 Å². The number of pyridine rings is 1. The van der Waals surface area contributed by atoms with Gasteiger partial charge in [0.2, 0.25) is 10.0 Å². The predicted molar refractivity (Wildman–Crippen MR) is 87.2 cm³/mol. The van der Waals surface area contributed by atoms with E-state index >= 15 is 0 Å². The Kier molecular flexibility index (Phi) is 6.01. The molecule has 0 aliphatic carbocycles. The van der Waals surface area contributed by atoms with Crippen LogP contribution in [0.3, 0.4) is 0 Å². The Hall–Kier alpha value is -0.850. The summed E-state index contributed by atoms with van der Waals surface area (Å²) in [5, 5.41) is 3.26. The Bertz CT molecular complexity index is 582. The van der Waals surface area contributed by atoms with Gasteiger partial charge in [0, 0.05) is 19.3 Å². The van der Waals surface area contributed by atoms with Crippen molar-refractivity contribution in [3.63, 3.8) is 0 Å². The molecule has 2 N–H and O–H groups in total. The summed E-state index contributed by atoms with van der Waals surface area (Å²) in [6.07, 6.45) is 1.31. The summed E-state index contributed by atoms with van der Waals surface area (Å²) in [6.45, 7) is 11.2. The molecule has 0 saturated heterocycles. The van der Waals surface area contributed by atoms with Crippen molar-refractivity contribution in [3.8, 4) is 0 Å². The summed E-state index contributed by atoms with van der Waals surface area (Å²) in [6, 6.07) is 1.41. The average Bonchev–Trinajstić information content (AvgIpc) is 2.37. The Morgan fingerprint density at radius 2 is 2.00 bits per heavy atom. The molecule has 1 atom stereocenters. The number of rotatable bonds is 6. The van der Waals surface area contributed by atoms with Crippen molar-refractivity contribution >= 4 is 27.4 Å². The van der Waals surface area contributed by atoms with Gasteiger partial charge in [-0.15, -0.1) is 0 Å². The summed E-state index contributed by atoms with van der Waals surface area (Å²) in [4.78, 5) is 4.13. The second kappa shape index (κ2) is 6.94. The van der Waals surface area contributed by atoms with Crippen molar-refractivity contribution in [2.75, 3.05) is 18.4 Å². The van der Waals surface area contributed by atoms with E-state index in [1.165, 1.54) is 12.3 Å². The highest BCUT2D eigenvalue weighted by Gasteiger charge is 2.23. The molecular formula is C14H24ClN3O2S. The minimum absolute atomic E-state index is 0.0350. The normalized spacial score (nSPS) is 14.0. The first-order valence-corrected chi connectivity index (χ1v) is 8.83. The van der Waals surface area contributed by atoms with Crippen LogP contribution in [0.5, 0.6) is 0 Å². The Labute approximate surface area is 132 Å². The highest BCUT2D eigenvalue weighted by atomic mass is 35.5. The van der Waals surface area contributed by atoms with Crippen LogP contribution in [0.4, 0.5) is 5.82 Å². The lowest BCUT2D eigenvalue weighted by Crippen LogP contribution is -2.33. The topological polar surface area (TPSA) is 71.1 Å². The molecule has 0 amide bonds. The van der Waals surface area contributed by atoms with Gasteiger partial charge in [-0.1, -0.05) is 39.3 Å². The van der Waals surface area contributed by atoms with Crippen LogP contribution in [-0.4, -0.2) is 26.5 Å². The summed E-state index contributed by atoms with van der Waals surface area (Å²) >= 11 is 6.03. The summed E-state index contributed by atoms with van der Waals surface area (Å²) in [5.41, 5.74) is 0.0350. The monoisotopic (exact) mass is 333 g/mol. The predicted octanol–water partition coefficient (Wildman–Crippen LogP) is 3.13. The van der Waals surface area contributed by atoms with Gasteiger partial charge in [-0.2, -0.15) is 0 Å². The minimum atomic E-state index is -3.59. The molecule has 0 aromatic carbocycles. The summed E-state index contributed by atoms with van der Waals surface area (Å²) in [7, 11) is -3.59. The first kappa shape index (κ1) is 18.2. The molecule has 7 heteroatoms. The van der Waals surface area contributed by atoms with E-state index in [4.69, 9.17) is 11.6 Å². The van der Waals surface area contributed by atoms with Crippen LogP contribution in [-0.2, 0) is 10.0 Å². The number of sulfonamides is 1. The maximum absolute atomic E-state index is 12.3. The molecule has 0 aliphatic heterocycles. The molecule has 1 unspecified atom stereocenters. The van der Waals surface area contributed by atoms with E-state index < -0.39 is 10.0 Å². The van der Waals surface area contributed by atoms with Crippen LogP contribution in [0.15, 0.2) is 17.2 Å². The van der Waals surface area contributed by atoms with Crippen LogP contribution < -0.4 is 10.0 Å². The molecule has 21 heavy (non-hydrogen) atoms. The maximum atomic E-state index is 12.3. The molecule has 0 radical (unpaired) electrons. The third kappa shape index (κ3) is 5.13. The lowest BCUT2D eigenvalue weighted by Gasteiger charge is -2.27. The quantitative estimate of drug-likeness (QED) is 0.839. The van der Waals surface area contributed by atoms with Gasteiger partial charge in [0.15, 0.2) is 0 Å². The van der Waals surface area contributed by atoms with E-state index in [0.29, 0.717) is 23.9 Å². The highest BCUT2D eigenvalue weighted by Crippen LogP contribution is 2.26. The van der Waals surface area contributed by atoms with E-state index in [0.717, 1.165) is 0 Å². The van der Waals surface area contributed by atoms with Crippen LogP contribution in [0.1, 0.15) is 34.6 Å². The molecule has 120 valence electrons. The van der Waals surface area contributed by atoms with Crippen LogP contribution in [0, 0.1) is 11.3 Å². The first-order valence-electron chi connectivity index (χ1n) is 6.97. The van der Waals surface area contributed by atoms with Gasteiger partial charge in [0.1, 0.15) is 10.7 Å². The van der Waals surface area contributed by atoms with Crippen molar-refractivity contribution in [3.05, 3.63) is 17.3 Å². The Morgan fingerprint density at radius 1 is 1.38 bits per heavy atom. The lowest BCUT2D eigenvalue weighted by atomic mass is 9.82. The number of halogens is 1. The molecule has 0 spiro atoms. The molecule has 0 saturated carbocycles. The zero-order chi connectivity index (χ0) is 16.3. The van der Waals surface area contributed by atoms with E-state index in [1.54, 1.807) is 0 Å². The van der Waals surface area contributed by atoms with Gasteiger partial charge in [0.25, 0.3) is 0 Å². The third-order valence-corrected chi connectivity index (χ3v) is 5.21. The lowest BCUT2D eigenvalue weighted by molar-refractivity contribution is 0.263. The number of nitrogens with one attached hydrogen (secondary N) is 2. The minimum Gasteiger partial charge on any atom is -0.369 e. The van der Waals surface area contributed by atoms with Crippen molar-refractivity contribution in [2.45, 2.75) is 39.5 Å². The van der Waals surface area contributed by atoms with E-state index in [9.17, 15) is 8.42 Å². The first-order chi connectivity index (χ1) is 9.58. The number of hydrogen-bond acceptors (Lipinski definition) is 4. The number of anilines is 1.